The number of fused-ring (bicyclic) bond motifs is 1. The highest BCUT2D eigenvalue weighted by Crippen LogP contribution is 2.17. The molecule has 0 saturated heterocycles. The van der Waals surface area contributed by atoms with E-state index in [-0.39, 0.29) is 0 Å². The second-order valence-electron chi connectivity index (χ2n) is 3.81. The molecule has 0 fully saturated rings. The van der Waals surface area contributed by atoms with Crippen LogP contribution in [0.5, 0.6) is 0 Å². The van der Waals surface area contributed by atoms with Gasteiger partial charge in [0.1, 0.15) is 0 Å². The van der Waals surface area contributed by atoms with Gasteiger partial charge in [-0.1, -0.05) is 13.8 Å². The maximum Gasteiger partial charge on any atom is 0.0535 e. The Hall–Kier alpha value is -0.830. The number of rotatable bonds is 1. The number of aromatic nitrogens is 2. The van der Waals surface area contributed by atoms with Crippen LogP contribution in [0.15, 0.2) is 6.20 Å². The van der Waals surface area contributed by atoms with Crippen molar-refractivity contribution in [2.75, 3.05) is 0 Å². The molecule has 0 saturated carbocycles. The summed E-state index contributed by atoms with van der Waals surface area (Å²) >= 11 is 0. The Morgan fingerprint density at radius 3 is 3.17 bits per heavy atom. The van der Waals surface area contributed by atoms with Gasteiger partial charge in [0.25, 0.3) is 0 Å². The van der Waals surface area contributed by atoms with Crippen LogP contribution in [0.3, 0.4) is 0 Å². The quantitative estimate of drug-likeness (QED) is 0.653. The first-order chi connectivity index (χ1) is 5.77. The molecule has 1 atom stereocenters. The fourth-order valence-corrected chi connectivity index (χ4v) is 1.67. The molecule has 12 heavy (non-hydrogen) atoms. The van der Waals surface area contributed by atoms with Crippen LogP contribution in [-0.2, 0) is 13.0 Å². The molecule has 3 nitrogen and oxygen atoms in total. The van der Waals surface area contributed by atoms with Gasteiger partial charge in [-0.25, -0.2) is 0 Å². The summed E-state index contributed by atoms with van der Waals surface area (Å²) in [6, 6.07) is 0.609. The topological polar surface area (TPSA) is 40.7 Å². The molecule has 2 rings (SSSR count). The molecule has 0 radical (unpaired) electrons. The van der Waals surface area contributed by atoms with E-state index in [1.54, 1.807) is 0 Å². The highest BCUT2D eigenvalue weighted by molar-refractivity contribution is 5.20. The second-order valence-corrected chi connectivity index (χ2v) is 3.81. The van der Waals surface area contributed by atoms with Crippen molar-refractivity contribution in [2.24, 2.45) is 5.92 Å². The van der Waals surface area contributed by atoms with E-state index < -0.39 is 0 Å². The molecule has 0 aliphatic carbocycles. The summed E-state index contributed by atoms with van der Waals surface area (Å²) < 4.78 is 0. The molecule has 1 aromatic heterocycles. The van der Waals surface area contributed by atoms with E-state index in [2.05, 4.69) is 29.4 Å². The largest absolute Gasteiger partial charge is 0.309 e. The molecule has 0 aromatic carbocycles. The van der Waals surface area contributed by atoms with Gasteiger partial charge in [0.2, 0.25) is 0 Å². The van der Waals surface area contributed by atoms with Gasteiger partial charge >= 0.3 is 0 Å². The zero-order chi connectivity index (χ0) is 8.55. The molecule has 0 amide bonds. The van der Waals surface area contributed by atoms with E-state index in [1.165, 1.54) is 11.3 Å². The van der Waals surface area contributed by atoms with Crippen molar-refractivity contribution in [2.45, 2.75) is 32.9 Å². The first kappa shape index (κ1) is 7.80. The van der Waals surface area contributed by atoms with Crippen LogP contribution < -0.4 is 5.32 Å². The Morgan fingerprint density at radius 2 is 2.42 bits per heavy atom. The number of H-pyrrole nitrogens is 1. The molecule has 0 spiro atoms. The molecular formula is C9H15N3. The lowest BCUT2D eigenvalue weighted by atomic mass is 9.94. The van der Waals surface area contributed by atoms with Crippen molar-refractivity contribution in [1.29, 1.82) is 0 Å². The van der Waals surface area contributed by atoms with Crippen molar-refractivity contribution >= 4 is 0 Å². The first-order valence-corrected chi connectivity index (χ1v) is 4.52. The molecular weight excluding hydrogens is 150 g/mol. The van der Waals surface area contributed by atoms with E-state index in [9.17, 15) is 0 Å². The van der Waals surface area contributed by atoms with E-state index in [1.807, 2.05) is 6.20 Å². The molecule has 1 aromatic rings. The maximum absolute atomic E-state index is 4.03. The van der Waals surface area contributed by atoms with Crippen molar-refractivity contribution in [3.8, 4) is 0 Å². The maximum atomic E-state index is 4.03. The third-order valence-electron chi connectivity index (χ3n) is 2.59. The van der Waals surface area contributed by atoms with Gasteiger partial charge in [-0.2, -0.15) is 5.10 Å². The Morgan fingerprint density at radius 1 is 1.58 bits per heavy atom. The molecule has 2 N–H and O–H groups in total. The van der Waals surface area contributed by atoms with Gasteiger partial charge in [-0.3, -0.25) is 5.10 Å². The third kappa shape index (κ3) is 1.25. The average molecular weight is 165 g/mol. The van der Waals surface area contributed by atoms with Crippen molar-refractivity contribution in [1.82, 2.24) is 15.5 Å². The summed E-state index contributed by atoms with van der Waals surface area (Å²) in [6.07, 6.45) is 3.01. The lowest BCUT2D eigenvalue weighted by Gasteiger charge is -2.26. The van der Waals surface area contributed by atoms with Crippen LogP contribution in [0, 0.1) is 5.92 Å². The number of aromatic amines is 1. The van der Waals surface area contributed by atoms with E-state index in [0.29, 0.717) is 12.0 Å². The van der Waals surface area contributed by atoms with Crippen LogP contribution >= 0.6 is 0 Å². The van der Waals surface area contributed by atoms with E-state index in [4.69, 9.17) is 0 Å². The molecule has 2 heterocycles. The predicted octanol–water partition coefficient (Wildman–Crippen LogP) is 1.08. The molecule has 1 unspecified atom stereocenters. The summed E-state index contributed by atoms with van der Waals surface area (Å²) in [4.78, 5) is 0. The first-order valence-electron chi connectivity index (χ1n) is 4.52. The summed E-state index contributed by atoms with van der Waals surface area (Å²) in [5.74, 6) is 0.696. The van der Waals surface area contributed by atoms with Gasteiger partial charge in [-0.15, -0.1) is 0 Å². The summed E-state index contributed by atoms with van der Waals surface area (Å²) in [5.41, 5.74) is 2.64. The lowest BCUT2D eigenvalue weighted by Crippen LogP contribution is -2.39. The number of nitrogens with zero attached hydrogens (tertiary/aromatic N) is 1. The second kappa shape index (κ2) is 2.90. The SMILES string of the molecule is CC(C)C1Cc2[nH]ncc2CN1. The Balaban J connectivity index is 2.15. The van der Waals surface area contributed by atoms with Crippen LogP contribution in [-0.4, -0.2) is 16.2 Å². The molecule has 1 aliphatic heterocycles. The van der Waals surface area contributed by atoms with Gasteiger partial charge in [0, 0.05) is 30.3 Å². The molecule has 0 bridgehead atoms. The van der Waals surface area contributed by atoms with Crippen LogP contribution in [0.25, 0.3) is 0 Å². The van der Waals surface area contributed by atoms with E-state index >= 15 is 0 Å². The summed E-state index contributed by atoms with van der Waals surface area (Å²) in [6.45, 7) is 5.47. The third-order valence-corrected chi connectivity index (χ3v) is 2.59. The minimum atomic E-state index is 0.609. The Kier molecular flexibility index (Phi) is 1.89. The zero-order valence-corrected chi connectivity index (χ0v) is 7.59. The predicted molar refractivity (Wildman–Crippen MR) is 47.8 cm³/mol. The highest BCUT2D eigenvalue weighted by atomic mass is 15.1. The van der Waals surface area contributed by atoms with E-state index in [0.717, 1.165) is 13.0 Å². The number of hydrogen-bond acceptors (Lipinski definition) is 2. The lowest BCUT2D eigenvalue weighted by molar-refractivity contribution is 0.375. The van der Waals surface area contributed by atoms with Gasteiger partial charge < -0.3 is 5.32 Å². The summed E-state index contributed by atoms with van der Waals surface area (Å²) in [7, 11) is 0. The monoisotopic (exact) mass is 165 g/mol. The van der Waals surface area contributed by atoms with Gasteiger partial charge in [0.15, 0.2) is 0 Å². The molecule has 1 aliphatic rings. The zero-order valence-electron chi connectivity index (χ0n) is 7.59. The number of nitrogens with one attached hydrogen (secondary N) is 2. The Labute approximate surface area is 72.6 Å². The minimum absolute atomic E-state index is 0.609. The van der Waals surface area contributed by atoms with Crippen molar-refractivity contribution in [3.63, 3.8) is 0 Å². The fraction of sp³-hybridized carbons (Fsp3) is 0.667. The van der Waals surface area contributed by atoms with Crippen LogP contribution in [0.4, 0.5) is 0 Å². The average Bonchev–Trinajstić information content (AvgIpc) is 2.49. The van der Waals surface area contributed by atoms with Gasteiger partial charge in [-0.05, 0) is 5.92 Å². The van der Waals surface area contributed by atoms with Crippen LogP contribution in [0.2, 0.25) is 0 Å². The smallest absolute Gasteiger partial charge is 0.0535 e. The van der Waals surface area contributed by atoms with Gasteiger partial charge in [0.05, 0.1) is 6.20 Å². The van der Waals surface area contributed by atoms with Crippen molar-refractivity contribution < 1.29 is 0 Å². The normalized spacial score (nSPS) is 22.8. The molecule has 3 heteroatoms. The highest BCUT2D eigenvalue weighted by Gasteiger charge is 2.21. The number of hydrogen-bond donors (Lipinski definition) is 2. The Bertz CT molecular complexity index is 264. The molecule has 66 valence electrons. The van der Waals surface area contributed by atoms with Crippen molar-refractivity contribution in [3.05, 3.63) is 17.5 Å². The minimum Gasteiger partial charge on any atom is -0.309 e. The fourth-order valence-electron chi connectivity index (χ4n) is 1.67. The van der Waals surface area contributed by atoms with Crippen LogP contribution in [0.1, 0.15) is 25.1 Å². The summed E-state index contributed by atoms with van der Waals surface area (Å²) in [5, 5.41) is 10.6. The standard InChI is InChI=1S/C9H15N3/c1-6(2)8-3-9-7(4-10-8)5-11-12-9/h5-6,8,10H,3-4H2,1-2H3,(H,11,12).